The minimum absolute atomic E-state index is 0.132. The Balaban J connectivity index is 0.00000144. The molecule has 0 unspecified atom stereocenters. The molecule has 12 rings (SSSR count). The van der Waals surface area contributed by atoms with E-state index in [2.05, 4.69) is 220 Å². The summed E-state index contributed by atoms with van der Waals surface area (Å²) in [4.78, 5) is 16.0. The smallest absolute Gasteiger partial charge is 0.238 e. The van der Waals surface area contributed by atoms with Crippen molar-refractivity contribution < 1.29 is 0 Å². The summed E-state index contributed by atoms with van der Waals surface area (Å²) >= 11 is 0. The first kappa shape index (κ1) is 38.2. The van der Waals surface area contributed by atoms with Crippen LogP contribution in [0.25, 0.3) is 105 Å². The summed E-state index contributed by atoms with van der Waals surface area (Å²) in [5.74, 6) is 1.82. The lowest BCUT2D eigenvalue weighted by Gasteiger charge is -2.22. The number of nitrogens with zero attached hydrogens (tertiary/aromatic N) is 4. The van der Waals surface area contributed by atoms with Crippen molar-refractivity contribution >= 4 is 43.4 Å². The summed E-state index contributed by atoms with van der Waals surface area (Å²) < 4.78 is 2.29. The molecule has 0 spiro atoms. The third-order valence-corrected chi connectivity index (χ3v) is 12.7. The molecule has 9 aromatic carbocycles. The standard InChI is InChI=1S/C56H38N4.C3H8/c1-56(2)48-22-11-10-19-45(48)46-31-29-41(34-49(46)56)44-20-12-21-47-51-43-18-9-8-16-38(43)30-32-50(51)60(52(44)47)55-58-53(39-26-23-37(24-27-39)35-13-4-3-5-14-35)57-54(59-55)42-28-25-36-15-6-7-17-40(36)33-42;1-3-2/h3-34H,1-2H3;3H2,1-2H3. The Bertz CT molecular complexity index is 3520. The molecule has 302 valence electrons. The van der Waals surface area contributed by atoms with Gasteiger partial charge in [0, 0.05) is 32.9 Å². The minimum Gasteiger partial charge on any atom is -0.277 e. The van der Waals surface area contributed by atoms with Crippen molar-refractivity contribution in [1.82, 2.24) is 19.5 Å². The highest BCUT2D eigenvalue weighted by Gasteiger charge is 2.35. The number of aromatic nitrogens is 4. The first-order valence-electron chi connectivity index (χ1n) is 22.0. The van der Waals surface area contributed by atoms with Gasteiger partial charge >= 0.3 is 0 Å². The summed E-state index contributed by atoms with van der Waals surface area (Å²) in [6.07, 6.45) is 1.25. The van der Waals surface area contributed by atoms with E-state index in [1.807, 2.05) is 6.07 Å². The average Bonchev–Trinajstić information content (AvgIpc) is 3.80. The maximum atomic E-state index is 5.41. The van der Waals surface area contributed by atoms with Crippen LogP contribution in [0.15, 0.2) is 194 Å². The molecule has 0 atom stereocenters. The van der Waals surface area contributed by atoms with E-state index in [-0.39, 0.29) is 5.41 Å². The topological polar surface area (TPSA) is 43.6 Å². The van der Waals surface area contributed by atoms with E-state index in [0.29, 0.717) is 17.6 Å². The summed E-state index contributed by atoms with van der Waals surface area (Å²) in [6, 6.07) is 69.6. The van der Waals surface area contributed by atoms with Crippen LogP contribution in [0.5, 0.6) is 0 Å². The maximum absolute atomic E-state index is 5.41. The third kappa shape index (κ3) is 6.41. The van der Waals surface area contributed by atoms with Crippen LogP contribution >= 0.6 is 0 Å². The van der Waals surface area contributed by atoms with Crippen molar-refractivity contribution in [1.29, 1.82) is 0 Å². The summed E-state index contributed by atoms with van der Waals surface area (Å²) in [5, 5.41) is 7.04. The fraction of sp³-hybridized carbons (Fsp3) is 0.102. The number of rotatable bonds is 5. The number of hydrogen-bond donors (Lipinski definition) is 0. The van der Waals surface area contributed by atoms with Crippen LogP contribution in [0.3, 0.4) is 0 Å². The zero-order valence-corrected chi connectivity index (χ0v) is 36.0. The Labute approximate surface area is 368 Å². The van der Waals surface area contributed by atoms with E-state index in [4.69, 9.17) is 15.0 Å². The molecular weight excluding hydrogens is 765 g/mol. The molecular formula is C59H46N4. The molecule has 2 aromatic heterocycles. The van der Waals surface area contributed by atoms with E-state index in [1.165, 1.54) is 55.8 Å². The van der Waals surface area contributed by atoms with Crippen LogP contribution < -0.4 is 0 Å². The van der Waals surface area contributed by atoms with E-state index in [9.17, 15) is 0 Å². The van der Waals surface area contributed by atoms with Gasteiger partial charge in [0.2, 0.25) is 5.95 Å². The monoisotopic (exact) mass is 810 g/mol. The lowest BCUT2D eigenvalue weighted by molar-refractivity contribution is 0.660. The van der Waals surface area contributed by atoms with Gasteiger partial charge in [0.1, 0.15) is 0 Å². The van der Waals surface area contributed by atoms with Crippen molar-refractivity contribution in [2.45, 2.75) is 39.5 Å². The Morgan fingerprint density at radius 3 is 1.79 bits per heavy atom. The molecule has 1 aliphatic rings. The first-order chi connectivity index (χ1) is 30.9. The highest BCUT2D eigenvalue weighted by molar-refractivity contribution is 6.23. The summed E-state index contributed by atoms with van der Waals surface area (Å²) in [5.41, 5.74) is 13.8. The van der Waals surface area contributed by atoms with Gasteiger partial charge in [0.05, 0.1) is 11.0 Å². The largest absolute Gasteiger partial charge is 0.277 e. The molecule has 0 amide bonds. The van der Waals surface area contributed by atoms with Gasteiger partial charge in [-0.2, -0.15) is 9.97 Å². The van der Waals surface area contributed by atoms with Crippen LogP contribution in [0, 0.1) is 0 Å². The average molecular weight is 811 g/mol. The molecule has 11 aromatic rings. The Kier molecular flexibility index (Phi) is 9.31. The molecule has 0 aliphatic heterocycles. The quantitative estimate of drug-likeness (QED) is 0.174. The summed E-state index contributed by atoms with van der Waals surface area (Å²) in [7, 11) is 0. The Morgan fingerprint density at radius 2 is 0.984 bits per heavy atom. The lowest BCUT2D eigenvalue weighted by Crippen LogP contribution is -2.14. The molecule has 0 saturated carbocycles. The summed E-state index contributed by atoms with van der Waals surface area (Å²) in [6.45, 7) is 8.94. The van der Waals surface area contributed by atoms with Crippen molar-refractivity contribution in [2.24, 2.45) is 0 Å². The van der Waals surface area contributed by atoms with Crippen LogP contribution in [0.1, 0.15) is 45.2 Å². The number of benzene rings is 9. The second-order valence-corrected chi connectivity index (χ2v) is 17.1. The molecule has 0 saturated heterocycles. The number of hydrogen-bond acceptors (Lipinski definition) is 3. The molecule has 1 aliphatic carbocycles. The fourth-order valence-corrected chi connectivity index (χ4v) is 9.64. The third-order valence-electron chi connectivity index (χ3n) is 12.7. The maximum Gasteiger partial charge on any atom is 0.238 e. The minimum atomic E-state index is -0.132. The van der Waals surface area contributed by atoms with Crippen molar-refractivity contribution in [2.75, 3.05) is 0 Å². The molecule has 4 heteroatoms. The van der Waals surface area contributed by atoms with E-state index < -0.39 is 0 Å². The van der Waals surface area contributed by atoms with Gasteiger partial charge < -0.3 is 0 Å². The SMILES string of the molecule is CC1(C)c2ccccc2-c2ccc(-c3cccc4c5c6ccccc6ccc5n(-c5nc(-c6ccc(-c7ccccc7)cc6)nc(-c6ccc7ccccc7c6)n5)c34)cc21.CCC. The second kappa shape index (κ2) is 15.3. The van der Waals surface area contributed by atoms with Gasteiger partial charge in [-0.25, -0.2) is 4.98 Å². The Hall–Kier alpha value is -7.69. The molecule has 2 heterocycles. The van der Waals surface area contributed by atoms with E-state index in [0.717, 1.165) is 49.6 Å². The van der Waals surface area contributed by atoms with Gasteiger partial charge in [-0.1, -0.05) is 210 Å². The predicted octanol–water partition coefficient (Wildman–Crippen LogP) is 15.7. The van der Waals surface area contributed by atoms with Crippen LogP contribution in [0.4, 0.5) is 0 Å². The molecule has 4 nitrogen and oxygen atoms in total. The fourth-order valence-electron chi connectivity index (χ4n) is 9.64. The molecule has 63 heavy (non-hydrogen) atoms. The van der Waals surface area contributed by atoms with E-state index >= 15 is 0 Å². The molecule has 0 bridgehead atoms. The zero-order valence-electron chi connectivity index (χ0n) is 36.0. The zero-order chi connectivity index (χ0) is 42.7. The van der Waals surface area contributed by atoms with Crippen molar-refractivity contribution in [3.8, 4) is 62.1 Å². The van der Waals surface area contributed by atoms with Crippen LogP contribution in [-0.2, 0) is 5.41 Å². The molecule has 0 radical (unpaired) electrons. The highest BCUT2D eigenvalue weighted by Crippen LogP contribution is 2.50. The highest BCUT2D eigenvalue weighted by atomic mass is 15.2. The lowest BCUT2D eigenvalue weighted by atomic mass is 9.81. The van der Waals surface area contributed by atoms with Crippen molar-refractivity contribution in [3.63, 3.8) is 0 Å². The van der Waals surface area contributed by atoms with Gasteiger partial charge in [0.25, 0.3) is 0 Å². The number of para-hydroxylation sites is 1. The van der Waals surface area contributed by atoms with Gasteiger partial charge in [-0.05, 0) is 78.7 Å². The molecule has 0 fully saturated rings. The second-order valence-electron chi connectivity index (χ2n) is 17.1. The predicted molar refractivity (Wildman–Crippen MR) is 264 cm³/mol. The normalized spacial score (nSPS) is 12.6. The first-order valence-corrected chi connectivity index (χ1v) is 22.0. The molecule has 0 N–H and O–H groups in total. The van der Waals surface area contributed by atoms with E-state index in [1.54, 1.807) is 0 Å². The number of fused-ring (bicyclic) bond motifs is 9. The van der Waals surface area contributed by atoms with Gasteiger partial charge in [-0.15, -0.1) is 0 Å². The van der Waals surface area contributed by atoms with Crippen LogP contribution in [0.2, 0.25) is 0 Å². The van der Waals surface area contributed by atoms with Crippen LogP contribution in [-0.4, -0.2) is 19.5 Å². The Morgan fingerprint density at radius 1 is 0.413 bits per heavy atom. The van der Waals surface area contributed by atoms with Gasteiger partial charge in [0.15, 0.2) is 11.6 Å². The van der Waals surface area contributed by atoms with Crippen molar-refractivity contribution in [3.05, 3.63) is 205 Å². The van der Waals surface area contributed by atoms with Gasteiger partial charge in [-0.3, -0.25) is 4.57 Å².